The van der Waals surface area contributed by atoms with Gasteiger partial charge in [0.05, 0.1) is 6.61 Å². The maximum absolute atomic E-state index is 5.60. The molecule has 3 heterocycles. The normalized spacial score (nSPS) is 25.7. The molecule has 1 spiro atoms. The molecule has 0 aromatic carbocycles. The summed E-state index contributed by atoms with van der Waals surface area (Å²) in [5.74, 6) is 1.53. The minimum atomic E-state index is 0. The number of aliphatic imine (C=N–C) groups is 1. The van der Waals surface area contributed by atoms with Gasteiger partial charge in [0.1, 0.15) is 0 Å². The summed E-state index contributed by atoms with van der Waals surface area (Å²) in [7, 11) is 1.87. The molecule has 23 heavy (non-hydrogen) atoms. The first kappa shape index (κ1) is 18.5. The first-order valence-electron chi connectivity index (χ1n) is 8.22. The van der Waals surface area contributed by atoms with E-state index >= 15 is 0 Å². The Balaban J connectivity index is 0.00000192. The van der Waals surface area contributed by atoms with Crippen molar-refractivity contribution < 1.29 is 4.74 Å². The van der Waals surface area contributed by atoms with Gasteiger partial charge < -0.3 is 15.0 Å². The summed E-state index contributed by atoms with van der Waals surface area (Å²) in [6, 6.07) is 1.96. The number of likely N-dealkylation sites (tertiary alicyclic amines) is 1. The predicted octanol–water partition coefficient (Wildman–Crippen LogP) is 1.82. The molecule has 1 N–H and O–H groups in total. The molecule has 0 bridgehead atoms. The minimum absolute atomic E-state index is 0. The molecule has 2 fully saturated rings. The van der Waals surface area contributed by atoms with E-state index in [4.69, 9.17) is 4.74 Å². The van der Waals surface area contributed by atoms with Crippen LogP contribution in [-0.2, 0) is 11.3 Å². The van der Waals surface area contributed by atoms with Crippen LogP contribution in [0.2, 0.25) is 0 Å². The zero-order valence-electron chi connectivity index (χ0n) is 14.1. The fourth-order valence-corrected chi connectivity index (χ4v) is 3.48. The van der Waals surface area contributed by atoms with Gasteiger partial charge in [0.2, 0.25) is 0 Å². The number of ether oxygens (including phenoxy) is 1. The lowest BCUT2D eigenvalue weighted by molar-refractivity contribution is 0.156. The number of hydrogen-bond donors (Lipinski definition) is 1. The van der Waals surface area contributed by atoms with Gasteiger partial charge in [-0.25, -0.2) is 0 Å². The number of guanidine groups is 1. The Hall–Kier alpha value is -0.830. The molecule has 2 aliphatic heterocycles. The van der Waals surface area contributed by atoms with Crippen LogP contribution in [0.5, 0.6) is 0 Å². The largest absolute Gasteiger partial charge is 0.381 e. The monoisotopic (exact) mass is 433 g/mol. The summed E-state index contributed by atoms with van der Waals surface area (Å²) in [6.45, 7) is 8.05. The lowest BCUT2D eigenvalue weighted by Gasteiger charge is -2.25. The standard InChI is InChI=1S/C16H27N5O.HI/c1-14(11-21-7-3-6-19-21)10-18-15(17-2)20-8-4-16(12-20)5-9-22-13-16;/h3,6-7,14H,4-5,8-13H2,1-2H3,(H,17,18);1H. The van der Waals surface area contributed by atoms with Gasteiger partial charge in [0.15, 0.2) is 5.96 Å². The van der Waals surface area contributed by atoms with Crippen LogP contribution in [0.25, 0.3) is 0 Å². The molecule has 1 aromatic rings. The first-order valence-corrected chi connectivity index (χ1v) is 8.22. The maximum atomic E-state index is 5.60. The van der Waals surface area contributed by atoms with E-state index in [9.17, 15) is 0 Å². The molecule has 130 valence electrons. The fraction of sp³-hybridized carbons (Fsp3) is 0.750. The molecule has 0 aliphatic carbocycles. The van der Waals surface area contributed by atoms with Crippen LogP contribution in [0.1, 0.15) is 19.8 Å². The quantitative estimate of drug-likeness (QED) is 0.447. The second-order valence-corrected chi connectivity index (χ2v) is 6.74. The van der Waals surface area contributed by atoms with Crippen LogP contribution < -0.4 is 5.32 Å². The van der Waals surface area contributed by atoms with Crippen LogP contribution in [-0.4, -0.2) is 60.5 Å². The molecule has 2 atom stereocenters. The smallest absolute Gasteiger partial charge is 0.193 e. The average molecular weight is 433 g/mol. The molecular formula is C16H28IN5O. The highest BCUT2D eigenvalue weighted by Gasteiger charge is 2.42. The van der Waals surface area contributed by atoms with Crippen LogP contribution in [0.3, 0.4) is 0 Å². The van der Waals surface area contributed by atoms with E-state index in [-0.39, 0.29) is 24.0 Å². The highest BCUT2D eigenvalue weighted by Crippen LogP contribution is 2.38. The van der Waals surface area contributed by atoms with Gasteiger partial charge >= 0.3 is 0 Å². The molecule has 7 heteroatoms. The molecule has 2 aliphatic rings. The van der Waals surface area contributed by atoms with Gasteiger partial charge in [-0.05, 0) is 24.8 Å². The van der Waals surface area contributed by atoms with E-state index in [0.29, 0.717) is 11.3 Å². The Labute approximate surface area is 155 Å². The van der Waals surface area contributed by atoms with Crippen molar-refractivity contribution in [2.75, 3.05) is 39.9 Å². The van der Waals surface area contributed by atoms with Gasteiger partial charge in [0, 0.05) is 57.6 Å². The SMILES string of the molecule is CN=C(NCC(C)Cn1cccn1)N1CCC2(CCOC2)C1.I. The third-order valence-corrected chi connectivity index (χ3v) is 4.80. The Kier molecular flexibility index (Phi) is 6.70. The second kappa shape index (κ2) is 8.32. The summed E-state index contributed by atoms with van der Waals surface area (Å²) in [6.07, 6.45) is 6.24. The molecule has 0 radical (unpaired) electrons. The van der Waals surface area contributed by atoms with Crippen molar-refractivity contribution in [1.82, 2.24) is 20.0 Å². The van der Waals surface area contributed by atoms with Crippen molar-refractivity contribution in [3.8, 4) is 0 Å². The van der Waals surface area contributed by atoms with E-state index < -0.39 is 0 Å². The Morgan fingerprint density at radius 2 is 2.35 bits per heavy atom. The molecular weight excluding hydrogens is 405 g/mol. The predicted molar refractivity (Wildman–Crippen MR) is 102 cm³/mol. The summed E-state index contributed by atoms with van der Waals surface area (Å²) in [5.41, 5.74) is 0.373. The third kappa shape index (κ3) is 4.59. The minimum Gasteiger partial charge on any atom is -0.381 e. The summed E-state index contributed by atoms with van der Waals surface area (Å²) in [5, 5.41) is 7.79. The number of nitrogens with zero attached hydrogens (tertiary/aromatic N) is 4. The van der Waals surface area contributed by atoms with Crippen molar-refractivity contribution in [2.24, 2.45) is 16.3 Å². The van der Waals surface area contributed by atoms with E-state index in [2.05, 4.69) is 27.2 Å². The van der Waals surface area contributed by atoms with Gasteiger partial charge in [0.25, 0.3) is 0 Å². The van der Waals surface area contributed by atoms with Crippen LogP contribution in [0, 0.1) is 11.3 Å². The molecule has 1 aromatic heterocycles. The third-order valence-electron chi connectivity index (χ3n) is 4.80. The highest BCUT2D eigenvalue weighted by molar-refractivity contribution is 14.0. The fourth-order valence-electron chi connectivity index (χ4n) is 3.48. The number of nitrogens with one attached hydrogen (secondary N) is 1. The number of aromatic nitrogens is 2. The average Bonchev–Trinajstić information content (AvgIpc) is 3.24. The Morgan fingerprint density at radius 3 is 3.00 bits per heavy atom. The van der Waals surface area contributed by atoms with Crippen LogP contribution in [0.4, 0.5) is 0 Å². The second-order valence-electron chi connectivity index (χ2n) is 6.74. The molecule has 6 nitrogen and oxygen atoms in total. The Morgan fingerprint density at radius 1 is 1.48 bits per heavy atom. The van der Waals surface area contributed by atoms with E-state index in [1.165, 1.54) is 12.8 Å². The van der Waals surface area contributed by atoms with E-state index in [1.807, 2.05) is 30.2 Å². The molecule has 3 rings (SSSR count). The molecule has 2 saturated heterocycles. The number of hydrogen-bond acceptors (Lipinski definition) is 3. The van der Waals surface area contributed by atoms with Crippen molar-refractivity contribution in [3.63, 3.8) is 0 Å². The zero-order valence-corrected chi connectivity index (χ0v) is 16.4. The summed E-state index contributed by atoms with van der Waals surface area (Å²) in [4.78, 5) is 6.85. The Bertz CT molecular complexity index is 499. The van der Waals surface area contributed by atoms with Gasteiger partial charge in [-0.15, -0.1) is 24.0 Å². The lowest BCUT2D eigenvalue weighted by atomic mass is 9.87. The molecule has 2 unspecified atom stereocenters. The van der Waals surface area contributed by atoms with Crippen molar-refractivity contribution in [3.05, 3.63) is 18.5 Å². The van der Waals surface area contributed by atoms with Gasteiger partial charge in [-0.1, -0.05) is 6.92 Å². The van der Waals surface area contributed by atoms with E-state index in [1.54, 1.807) is 0 Å². The van der Waals surface area contributed by atoms with Crippen molar-refractivity contribution in [1.29, 1.82) is 0 Å². The molecule has 0 amide bonds. The zero-order chi connectivity index (χ0) is 15.4. The molecule has 0 saturated carbocycles. The van der Waals surface area contributed by atoms with Crippen molar-refractivity contribution >= 4 is 29.9 Å². The lowest BCUT2D eigenvalue weighted by Crippen LogP contribution is -2.43. The number of rotatable bonds is 4. The van der Waals surface area contributed by atoms with Gasteiger partial charge in [-0.2, -0.15) is 5.10 Å². The van der Waals surface area contributed by atoms with E-state index in [0.717, 1.165) is 45.4 Å². The van der Waals surface area contributed by atoms with Gasteiger partial charge in [-0.3, -0.25) is 9.67 Å². The number of halogens is 1. The topological polar surface area (TPSA) is 54.7 Å². The summed E-state index contributed by atoms with van der Waals surface area (Å²) < 4.78 is 7.59. The van der Waals surface area contributed by atoms with Crippen LogP contribution in [0.15, 0.2) is 23.5 Å². The van der Waals surface area contributed by atoms with Crippen molar-refractivity contribution in [2.45, 2.75) is 26.3 Å². The highest BCUT2D eigenvalue weighted by atomic mass is 127. The maximum Gasteiger partial charge on any atom is 0.193 e. The first-order chi connectivity index (χ1) is 10.7. The van der Waals surface area contributed by atoms with Crippen LogP contribution >= 0.6 is 24.0 Å². The summed E-state index contributed by atoms with van der Waals surface area (Å²) >= 11 is 0.